The molecule has 0 bridgehead atoms. The van der Waals surface area contributed by atoms with Gasteiger partial charge < -0.3 is 10.4 Å². The number of carbonyl (C=O) groups is 4. The first-order valence-electron chi connectivity index (χ1n) is 8.27. The van der Waals surface area contributed by atoms with Gasteiger partial charge in [0.05, 0.1) is 5.92 Å². The third kappa shape index (κ3) is 4.80. The second-order valence-corrected chi connectivity index (χ2v) is 7.49. The molecule has 1 saturated heterocycles. The number of hydrogen-bond acceptors (Lipinski definition) is 6. The van der Waals surface area contributed by atoms with E-state index in [4.69, 9.17) is 5.11 Å². The first-order valence-corrected chi connectivity index (χ1v) is 9.42. The van der Waals surface area contributed by atoms with Crippen molar-refractivity contribution in [3.05, 3.63) is 0 Å². The Hall–Kier alpha value is -1.41. The topological polar surface area (TPSA) is 104 Å². The number of thioether (sulfide) groups is 1. The molecule has 0 aromatic rings. The molecule has 7 nitrogen and oxygen atoms in total. The van der Waals surface area contributed by atoms with E-state index in [1.54, 1.807) is 11.8 Å². The highest BCUT2D eigenvalue weighted by Crippen LogP contribution is 2.31. The summed E-state index contributed by atoms with van der Waals surface area (Å²) < 4.78 is 0. The number of likely N-dealkylation sites (tertiary alicyclic amines) is 1. The molecule has 0 aromatic heterocycles. The molecule has 2 unspecified atom stereocenters. The Morgan fingerprint density at radius 3 is 2.71 bits per heavy atom. The number of aliphatic carboxylic acids is 1. The standard InChI is InChI=1S/C16H24N2O5S/c1-10(19)17-15-14(21)5-7-18(15)6-2-8-24-9-12-11(16(22)23)3-4-13(12)20/h11-12,15H,2-9H2,1H3,(H,17,19)(H,22,23)/t11?,12?,15-/m1/s1. The van der Waals surface area contributed by atoms with Crippen molar-refractivity contribution >= 4 is 35.2 Å². The SMILES string of the molecule is CC(=O)N[C@H]1C(=O)CCN1CCCSCC1C(=O)CCC1C(=O)O. The summed E-state index contributed by atoms with van der Waals surface area (Å²) in [5.41, 5.74) is 0. The number of rotatable bonds is 8. The number of nitrogens with zero attached hydrogens (tertiary/aromatic N) is 1. The normalized spacial score (nSPS) is 27.6. The molecule has 0 spiro atoms. The summed E-state index contributed by atoms with van der Waals surface area (Å²) in [5, 5.41) is 11.8. The predicted molar refractivity (Wildman–Crippen MR) is 89.6 cm³/mol. The third-order valence-corrected chi connectivity index (χ3v) is 5.78. The van der Waals surface area contributed by atoms with Gasteiger partial charge in [0, 0.05) is 44.5 Å². The third-order valence-electron chi connectivity index (χ3n) is 4.61. The zero-order valence-corrected chi connectivity index (χ0v) is 14.6. The average Bonchev–Trinajstić information content (AvgIpc) is 3.04. The smallest absolute Gasteiger partial charge is 0.307 e. The molecule has 2 aliphatic rings. The first-order chi connectivity index (χ1) is 11.4. The molecule has 8 heteroatoms. The summed E-state index contributed by atoms with van der Waals surface area (Å²) >= 11 is 1.59. The van der Waals surface area contributed by atoms with Crippen LogP contribution in [0.25, 0.3) is 0 Å². The fourth-order valence-electron chi connectivity index (χ4n) is 3.32. The summed E-state index contributed by atoms with van der Waals surface area (Å²) in [6, 6.07) is 0. The lowest BCUT2D eigenvalue weighted by Gasteiger charge is -2.23. The fraction of sp³-hybridized carbons (Fsp3) is 0.750. The van der Waals surface area contributed by atoms with Crippen molar-refractivity contribution in [1.82, 2.24) is 10.2 Å². The van der Waals surface area contributed by atoms with Crippen molar-refractivity contribution in [3.63, 3.8) is 0 Å². The maximum Gasteiger partial charge on any atom is 0.307 e. The van der Waals surface area contributed by atoms with Crippen molar-refractivity contribution in [3.8, 4) is 0 Å². The van der Waals surface area contributed by atoms with Crippen LogP contribution in [0.1, 0.15) is 32.6 Å². The summed E-state index contributed by atoms with van der Waals surface area (Å²) in [6.07, 6.45) is 1.59. The molecule has 2 rings (SSSR count). The van der Waals surface area contributed by atoms with E-state index in [9.17, 15) is 19.2 Å². The van der Waals surface area contributed by atoms with Crippen molar-refractivity contribution in [2.24, 2.45) is 11.8 Å². The molecule has 3 atom stereocenters. The maximum absolute atomic E-state index is 11.8. The predicted octanol–water partition coefficient (Wildman–Crippen LogP) is 0.527. The molecule has 0 radical (unpaired) electrons. The van der Waals surface area contributed by atoms with Crippen LogP contribution in [0.15, 0.2) is 0 Å². The highest BCUT2D eigenvalue weighted by molar-refractivity contribution is 7.99. The highest BCUT2D eigenvalue weighted by Gasteiger charge is 2.39. The first kappa shape index (κ1) is 18.9. The van der Waals surface area contributed by atoms with E-state index < -0.39 is 18.1 Å². The Kier molecular flexibility index (Phi) is 6.79. The maximum atomic E-state index is 11.8. The quantitative estimate of drug-likeness (QED) is 0.611. The number of Topliss-reactive ketones (excluding diaryl/α,β-unsaturated/α-hetero) is 2. The van der Waals surface area contributed by atoms with Crippen molar-refractivity contribution in [2.45, 2.75) is 38.8 Å². The van der Waals surface area contributed by atoms with Crippen LogP contribution in [0.3, 0.4) is 0 Å². The Morgan fingerprint density at radius 1 is 1.29 bits per heavy atom. The van der Waals surface area contributed by atoms with Gasteiger partial charge in [-0.2, -0.15) is 11.8 Å². The molecule has 0 aromatic carbocycles. The summed E-state index contributed by atoms with van der Waals surface area (Å²) in [4.78, 5) is 47.8. The molecular formula is C16H24N2O5S. The van der Waals surface area contributed by atoms with Gasteiger partial charge in [-0.1, -0.05) is 0 Å². The summed E-state index contributed by atoms with van der Waals surface area (Å²) in [5.74, 6) is -0.547. The molecule has 1 amide bonds. The van der Waals surface area contributed by atoms with Gasteiger partial charge in [0.25, 0.3) is 0 Å². The number of amides is 1. The number of carboxylic acids is 1. The average molecular weight is 356 g/mol. The summed E-state index contributed by atoms with van der Waals surface area (Å²) in [7, 11) is 0. The number of ketones is 2. The Balaban J connectivity index is 1.69. The monoisotopic (exact) mass is 356 g/mol. The van der Waals surface area contributed by atoms with Gasteiger partial charge in [-0.25, -0.2) is 0 Å². The van der Waals surface area contributed by atoms with E-state index in [-0.39, 0.29) is 23.4 Å². The Bertz CT molecular complexity index is 525. The van der Waals surface area contributed by atoms with Gasteiger partial charge >= 0.3 is 5.97 Å². The van der Waals surface area contributed by atoms with Crippen molar-refractivity contribution in [2.75, 3.05) is 24.6 Å². The lowest BCUT2D eigenvalue weighted by atomic mass is 9.98. The number of hydrogen-bond donors (Lipinski definition) is 2. The van der Waals surface area contributed by atoms with Crippen LogP contribution in [-0.2, 0) is 19.2 Å². The van der Waals surface area contributed by atoms with Crippen LogP contribution < -0.4 is 5.32 Å². The van der Waals surface area contributed by atoms with Crippen molar-refractivity contribution < 1.29 is 24.3 Å². The zero-order chi connectivity index (χ0) is 17.7. The minimum atomic E-state index is -0.875. The van der Waals surface area contributed by atoms with Gasteiger partial charge in [0.15, 0.2) is 5.78 Å². The molecule has 2 N–H and O–H groups in total. The van der Waals surface area contributed by atoms with Crippen LogP contribution in [0, 0.1) is 11.8 Å². The van der Waals surface area contributed by atoms with Crippen molar-refractivity contribution in [1.29, 1.82) is 0 Å². The van der Waals surface area contributed by atoms with Crippen LogP contribution in [0.2, 0.25) is 0 Å². The van der Waals surface area contributed by atoms with Crippen LogP contribution in [0.4, 0.5) is 0 Å². The van der Waals surface area contributed by atoms with Crippen LogP contribution in [0.5, 0.6) is 0 Å². The Morgan fingerprint density at radius 2 is 2.04 bits per heavy atom. The van der Waals surface area contributed by atoms with Gasteiger partial charge in [0.1, 0.15) is 11.9 Å². The fourth-order valence-corrected chi connectivity index (χ4v) is 4.49. The molecule has 1 saturated carbocycles. The molecule has 1 aliphatic carbocycles. The van der Waals surface area contributed by atoms with E-state index in [2.05, 4.69) is 5.32 Å². The minimum Gasteiger partial charge on any atom is -0.481 e. The molecular weight excluding hydrogens is 332 g/mol. The second kappa shape index (κ2) is 8.62. The number of nitrogens with one attached hydrogen (secondary N) is 1. The van der Waals surface area contributed by atoms with Gasteiger partial charge in [-0.3, -0.25) is 24.1 Å². The molecule has 2 fully saturated rings. The van der Waals surface area contributed by atoms with Crippen LogP contribution >= 0.6 is 11.8 Å². The van der Waals surface area contributed by atoms with E-state index in [0.29, 0.717) is 38.1 Å². The van der Waals surface area contributed by atoms with E-state index in [1.807, 2.05) is 4.90 Å². The number of carbonyl (C=O) groups excluding carboxylic acids is 3. The Labute approximate surface area is 145 Å². The number of carboxylic acid groups (broad SMARTS) is 1. The molecule has 1 heterocycles. The lowest BCUT2D eigenvalue weighted by Crippen LogP contribution is -2.47. The van der Waals surface area contributed by atoms with E-state index in [1.165, 1.54) is 6.92 Å². The lowest BCUT2D eigenvalue weighted by molar-refractivity contribution is -0.143. The van der Waals surface area contributed by atoms with Gasteiger partial charge in [0.2, 0.25) is 5.91 Å². The largest absolute Gasteiger partial charge is 0.481 e. The summed E-state index contributed by atoms with van der Waals surface area (Å²) in [6.45, 7) is 2.75. The highest BCUT2D eigenvalue weighted by atomic mass is 32.2. The molecule has 24 heavy (non-hydrogen) atoms. The molecule has 134 valence electrons. The van der Waals surface area contributed by atoms with E-state index in [0.717, 1.165) is 12.2 Å². The zero-order valence-electron chi connectivity index (χ0n) is 13.8. The molecule has 1 aliphatic heterocycles. The van der Waals surface area contributed by atoms with Crippen LogP contribution in [-0.4, -0.2) is 64.2 Å². The minimum absolute atomic E-state index is 0.0405. The van der Waals surface area contributed by atoms with Gasteiger partial charge in [-0.05, 0) is 18.6 Å². The second-order valence-electron chi connectivity index (χ2n) is 6.34. The van der Waals surface area contributed by atoms with Gasteiger partial charge in [-0.15, -0.1) is 0 Å². The van der Waals surface area contributed by atoms with E-state index >= 15 is 0 Å².